The highest BCUT2D eigenvalue weighted by Gasteiger charge is 2.19. The topological polar surface area (TPSA) is 37.2 Å². The van der Waals surface area contributed by atoms with E-state index in [0.717, 1.165) is 42.8 Å². The second-order valence-electron chi connectivity index (χ2n) is 7.48. The van der Waals surface area contributed by atoms with Crippen molar-refractivity contribution >= 4 is 5.69 Å². The summed E-state index contributed by atoms with van der Waals surface area (Å²) in [7, 11) is 0. The lowest BCUT2D eigenvalue weighted by molar-refractivity contribution is 0.126. The molecule has 28 heavy (non-hydrogen) atoms. The lowest BCUT2D eigenvalue weighted by Crippen LogP contribution is -2.28. The number of anilines is 1. The highest BCUT2D eigenvalue weighted by atomic mass is 19.1. The number of benzene rings is 1. The lowest BCUT2D eigenvalue weighted by atomic mass is 9.93. The van der Waals surface area contributed by atoms with Gasteiger partial charge in [0.1, 0.15) is 5.83 Å². The number of halogens is 1. The number of hydrogen-bond acceptors (Lipinski definition) is 2. The summed E-state index contributed by atoms with van der Waals surface area (Å²) in [6, 6.07) is 10.7. The number of aliphatic hydroxyl groups is 1. The summed E-state index contributed by atoms with van der Waals surface area (Å²) in [6.45, 7) is 9.33. The van der Waals surface area contributed by atoms with Gasteiger partial charge < -0.3 is 15.0 Å². The molecule has 1 heterocycles. The molecule has 1 fully saturated rings. The van der Waals surface area contributed by atoms with Gasteiger partial charge in [-0.15, -0.1) is 0 Å². The lowest BCUT2D eigenvalue weighted by Gasteiger charge is -2.28. The molecule has 0 unspecified atom stereocenters. The zero-order chi connectivity index (χ0) is 20.1. The third kappa shape index (κ3) is 4.63. The van der Waals surface area contributed by atoms with E-state index in [9.17, 15) is 9.50 Å². The molecule has 1 aromatic heterocycles. The summed E-state index contributed by atoms with van der Waals surface area (Å²) in [6.07, 6.45) is 8.72. The van der Waals surface area contributed by atoms with Gasteiger partial charge in [0.05, 0.1) is 6.10 Å². The van der Waals surface area contributed by atoms with E-state index < -0.39 is 0 Å². The predicted octanol–water partition coefficient (Wildman–Crippen LogP) is 5.64. The molecule has 0 aliphatic heterocycles. The zero-order valence-electron chi connectivity index (χ0n) is 16.5. The number of aromatic nitrogens is 1. The minimum Gasteiger partial charge on any atom is -0.393 e. The zero-order valence-corrected chi connectivity index (χ0v) is 16.5. The molecule has 1 saturated carbocycles. The number of nitrogens with zero attached hydrogens (tertiary/aromatic N) is 1. The predicted molar refractivity (Wildman–Crippen MR) is 115 cm³/mol. The molecule has 0 atom stereocenters. The summed E-state index contributed by atoms with van der Waals surface area (Å²) in [5.74, 6) is -0.339. The number of nitrogens with one attached hydrogen (secondary N) is 1. The van der Waals surface area contributed by atoms with Gasteiger partial charge >= 0.3 is 0 Å². The average molecular weight is 381 g/mol. The Balaban J connectivity index is 1.84. The van der Waals surface area contributed by atoms with E-state index in [1.54, 1.807) is 6.08 Å². The second kappa shape index (κ2) is 9.07. The van der Waals surface area contributed by atoms with Crippen molar-refractivity contribution in [1.82, 2.24) is 4.57 Å². The van der Waals surface area contributed by atoms with Crippen LogP contribution in [0.3, 0.4) is 0 Å². The molecule has 1 aliphatic carbocycles. The quantitative estimate of drug-likeness (QED) is 0.610. The van der Waals surface area contributed by atoms with Crippen LogP contribution in [0.15, 0.2) is 73.2 Å². The first-order valence-electron chi connectivity index (χ1n) is 9.87. The third-order valence-corrected chi connectivity index (χ3v) is 5.49. The second-order valence-corrected chi connectivity index (χ2v) is 7.48. The number of hydrogen-bond donors (Lipinski definition) is 2. The summed E-state index contributed by atoms with van der Waals surface area (Å²) >= 11 is 0. The van der Waals surface area contributed by atoms with E-state index >= 15 is 0 Å². The maximum absolute atomic E-state index is 14.0. The molecule has 148 valence electrons. The molecule has 3 rings (SSSR count). The molecule has 4 heteroatoms. The SMILES string of the molecule is C=C/C(F)=C(\C=C)Cc1cccn1-c1ccc(C)c(N[C@H]2CC[C@H](O)CC2)c1. The van der Waals surface area contributed by atoms with Crippen molar-refractivity contribution in [1.29, 1.82) is 0 Å². The Morgan fingerprint density at radius 3 is 2.64 bits per heavy atom. The molecule has 0 bridgehead atoms. The van der Waals surface area contributed by atoms with Gasteiger partial charge in [0.25, 0.3) is 0 Å². The molecule has 0 amide bonds. The summed E-state index contributed by atoms with van der Waals surface area (Å²) in [5.41, 5.74) is 4.85. The average Bonchev–Trinajstić information content (AvgIpc) is 3.17. The maximum atomic E-state index is 14.0. The first kappa shape index (κ1) is 20.2. The number of aryl methyl sites for hydroxylation is 1. The molecule has 1 aliphatic rings. The fourth-order valence-corrected chi connectivity index (χ4v) is 3.75. The number of rotatable bonds is 7. The third-order valence-electron chi connectivity index (χ3n) is 5.49. The van der Waals surface area contributed by atoms with Gasteiger partial charge in [0.2, 0.25) is 0 Å². The Labute approximate surface area is 166 Å². The molecule has 0 radical (unpaired) electrons. The molecule has 0 spiro atoms. The highest BCUT2D eigenvalue weighted by Crippen LogP contribution is 2.27. The smallest absolute Gasteiger partial charge is 0.126 e. The van der Waals surface area contributed by atoms with E-state index in [2.05, 4.69) is 48.2 Å². The molecule has 2 N–H and O–H groups in total. The van der Waals surface area contributed by atoms with Crippen LogP contribution in [0.25, 0.3) is 5.69 Å². The molecule has 1 aromatic carbocycles. The summed E-state index contributed by atoms with van der Waals surface area (Å²) in [5, 5.41) is 13.4. The standard InChI is InChI=1S/C24H29FN2O/c1-4-18(23(25)5-2)15-20-7-6-14-27(20)21-11-8-17(3)24(16-21)26-19-9-12-22(28)13-10-19/h4-8,11,14,16,19,22,26,28H,1-2,9-10,12-13,15H2,3H3/b23-18-/t19-,22-. The van der Waals surface area contributed by atoms with Crippen LogP contribution in [-0.4, -0.2) is 21.8 Å². The first-order valence-corrected chi connectivity index (χ1v) is 9.87. The van der Waals surface area contributed by atoms with Gasteiger partial charge in [-0.3, -0.25) is 0 Å². The van der Waals surface area contributed by atoms with Crippen molar-refractivity contribution in [2.24, 2.45) is 0 Å². The van der Waals surface area contributed by atoms with Crippen molar-refractivity contribution in [2.45, 2.75) is 51.2 Å². The first-order chi connectivity index (χ1) is 13.5. The molecular weight excluding hydrogens is 351 g/mol. The molecular formula is C24H29FN2O. The number of allylic oxidation sites excluding steroid dienone is 4. The van der Waals surface area contributed by atoms with Crippen LogP contribution in [0.5, 0.6) is 0 Å². The maximum Gasteiger partial charge on any atom is 0.126 e. The molecule has 3 nitrogen and oxygen atoms in total. The summed E-state index contributed by atoms with van der Waals surface area (Å²) < 4.78 is 16.1. The van der Waals surface area contributed by atoms with Crippen LogP contribution >= 0.6 is 0 Å². The largest absolute Gasteiger partial charge is 0.393 e. The van der Waals surface area contributed by atoms with Gasteiger partial charge in [-0.05, 0) is 74.1 Å². The van der Waals surface area contributed by atoms with Crippen molar-refractivity contribution < 1.29 is 9.50 Å². The minimum absolute atomic E-state index is 0.156. The Morgan fingerprint density at radius 2 is 1.96 bits per heavy atom. The number of aliphatic hydroxyl groups excluding tert-OH is 1. The Kier molecular flexibility index (Phi) is 6.53. The fraction of sp³-hybridized carbons (Fsp3) is 0.333. The minimum atomic E-state index is -0.339. The fourth-order valence-electron chi connectivity index (χ4n) is 3.75. The van der Waals surface area contributed by atoms with Gasteiger partial charge in [-0.1, -0.05) is 25.3 Å². The van der Waals surface area contributed by atoms with Crippen molar-refractivity contribution in [3.05, 3.63) is 84.5 Å². The molecule has 0 saturated heterocycles. The highest BCUT2D eigenvalue weighted by molar-refractivity contribution is 5.58. The molecule has 2 aromatic rings. The van der Waals surface area contributed by atoms with E-state index in [1.165, 1.54) is 11.6 Å². The van der Waals surface area contributed by atoms with Crippen molar-refractivity contribution in [3.8, 4) is 5.69 Å². The monoisotopic (exact) mass is 380 g/mol. The van der Waals surface area contributed by atoms with E-state index in [0.29, 0.717) is 18.0 Å². The normalized spacial score (nSPS) is 20.4. The van der Waals surface area contributed by atoms with Crippen LogP contribution in [-0.2, 0) is 6.42 Å². The van der Waals surface area contributed by atoms with Crippen LogP contribution < -0.4 is 5.32 Å². The van der Waals surface area contributed by atoms with Crippen LogP contribution in [0.2, 0.25) is 0 Å². The Bertz CT molecular complexity index is 872. The van der Waals surface area contributed by atoms with Crippen molar-refractivity contribution in [3.63, 3.8) is 0 Å². The van der Waals surface area contributed by atoms with Crippen molar-refractivity contribution in [2.75, 3.05) is 5.32 Å². The Morgan fingerprint density at radius 1 is 1.21 bits per heavy atom. The van der Waals surface area contributed by atoms with Gasteiger partial charge in [0, 0.05) is 35.7 Å². The van der Waals surface area contributed by atoms with Gasteiger partial charge in [-0.25, -0.2) is 4.39 Å². The van der Waals surface area contributed by atoms with Crippen LogP contribution in [0, 0.1) is 6.92 Å². The van der Waals surface area contributed by atoms with Gasteiger partial charge in [0.15, 0.2) is 0 Å². The van der Waals surface area contributed by atoms with E-state index in [1.807, 2.05) is 18.3 Å². The Hall–Kier alpha value is -2.59. The van der Waals surface area contributed by atoms with E-state index in [-0.39, 0.29) is 11.9 Å². The van der Waals surface area contributed by atoms with Crippen LogP contribution in [0.1, 0.15) is 36.9 Å². The van der Waals surface area contributed by atoms with E-state index in [4.69, 9.17) is 0 Å². The van der Waals surface area contributed by atoms with Gasteiger partial charge in [-0.2, -0.15) is 0 Å². The van der Waals surface area contributed by atoms with Crippen LogP contribution in [0.4, 0.5) is 10.1 Å². The summed E-state index contributed by atoms with van der Waals surface area (Å²) in [4.78, 5) is 0.